The Balaban J connectivity index is 1.63. The van der Waals surface area contributed by atoms with Crippen LogP contribution in [-0.4, -0.2) is 33.2 Å². The van der Waals surface area contributed by atoms with Gasteiger partial charge in [-0.05, 0) is 36.2 Å². The van der Waals surface area contributed by atoms with Crippen LogP contribution in [0, 0.1) is 0 Å². The lowest BCUT2D eigenvalue weighted by atomic mass is 10.1. The van der Waals surface area contributed by atoms with Crippen LogP contribution < -0.4 is 19.7 Å². The standard InChI is InChI=1S/C19H21ClN2O3/c1-22(2)19-14(20)4-3-5-15(19)21-18(23)9-7-13-6-8-16-17(12-13)25-11-10-24-16/h3-6,8,12H,7,9-11H2,1-2H3,(H,21,23). The van der Waals surface area contributed by atoms with Crippen molar-refractivity contribution in [2.75, 3.05) is 37.5 Å². The minimum absolute atomic E-state index is 0.0553. The molecule has 0 bridgehead atoms. The molecule has 0 radical (unpaired) electrons. The zero-order chi connectivity index (χ0) is 17.8. The van der Waals surface area contributed by atoms with Crippen LogP contribution in [-0.2, 0) is 11.2 Å². The number of ether oxygens (including phenoxy) is 2. The lowest BCUT2D eigenvalue weighted by Crippen LogP contribution is -2.17. The number of amides is 1. The van der Waals surface area contributed by atoms with E-state index in [0.717, 1.165) is 22.7 Å². The molecule has 2 aromatic rings. The van der Waals surface area contributed by atoms with Crippen molar-refractivity contribution in [1.82, 2.24) is 0 Å². The molecule has 0 atom stereocenters. The molecule has 0 saturated heterocycles. The first-order valence-electron chi connectivity index (χ1n) is 8.19. The van der Waals surface area contributed by atoms with Gasteiger partial charge in [-0.3, -0.25) is 4.79 Å². The zero-order valence-corrected chi connectivity index (χ0v) is 15.1. The molecule has 1 amide bonds. The maximum atomic E-state index is 12.3. The van der Waals surface area contributed by atoms with Gasteiger partial charge in [-0.15, -0.1) is 0 Å². The highest BCUT2D eigenvalue weighted by Crippen LogP contribution is 2.33. The Morgan fingerprint density at radius 3 is 2.68 bits per heavy atom. The van der Waals surface area contributed by atoms with E-state index in [2.05, 4.69) is 5.32 Å². The highest BCUT2D eigenvalue weighted by molar-refractivity contribution is 6.34. The third kappa shape index (κ3) is 4.17. The molecule has 6 heteroatoms. The summed E-state index contributed by atoms with van der Waals surface area (Å²) in [6, 6.07) is 11.3. The molecule has 5 nitrogen and oxygen atoms in total. The highest BCUT2D eigenvalue weighted by atomic mass is 35.5. The van der Waals surface area contributed by atoms with Gasteiger partial charge in [0.2, 0.25) is 5.91 Å². The van der Waals surface area contributed by atoms with Crippen molar-refractivity contribution >= 4 is 28.9 Å². The average molecular weight is 361 g/mol. The number of aryl methyl sites for hydroxylation is 1. The summed E-state index contributed by atoms with van der Waals surface area (Å²) in [5.41, 5.74) is 2.56. The molecule has 1 aliphatic heterocycles. The number of halogens is 1. The van der Waals surface area contributed by atoms with E-state index in [1.54, 1.807) is 0 Å². The van der Waals surface area contributed by atoms with E-state index >= 15 is 0 Å². The van der Waals surface area contributed by atoms with Gasteiger partial charge < -0.3 is 19.7 Å². The molecule has 0 saturated carbocycles. The summed E-state index contributed by atoms with van der Waals surface area (Å²) in [7, 11) is 3.79. The quantitative estimate of drug-likeness (QED) is 0.882. The highest BCUT2D eigenvalue weighted by Gasteiger charge is 2.14. The third-order valence-electron chi connectivity index (χ3n) is 3.96. The van der Waals surface area contributed by atoms with Crippen molar-refractivity contribution in [1.29, 1.82) is 0 Å². The summed E-state index contributed by atoms with van der Waals surface area (Å²) in [4.78, 5) is 14.2. The lowest BCUT2D eigenvalue weighted by Gasteiger charge is -2.20. The number of para-hydroxylation sites is 1. The fourth-order valence-corrected chi connectivity index (χ4v) is 3.13. The maximum absolute atomic E-state index is 12.3. The van der Waals surface area contributed by atoms with E-state index in [1.165, 1.54) is 0 Å². The van der Waals surface area contributed by atoms with Gasteiger partial charge in [0, 0.05) is 20.5 Å². The number of carbonyl (C=O) groups is 1. The van der Waals surface area contributed by atoms with Gasteiger partial charge in [0.15, 0.2) is 11.5 Å². The summed E-state index contributed by atoms with van der Waals surface area (Å²) in [5, 5.41) is 3.55. The van der Waals surface area contributed by atoms with E-state index in [9.17, 15) is 4.79 Å². The Kier molecular flexibility index (Phi) is 5.34. The summed E-state index contributed by atoms with van der Waals surface area (Å²) in [6.07, 6.45) is 0.999. The Morgan fingerprint density at radius 2 is 1.92 bits per heavy atom. The van der Waals surface area contributed by atoms with Crippen molar-refractivity contribution in [3.63, 3.8) is 0 Å². The summed E-state index contributed by atoms with van der Waals surface area (Å²) in [5.74, 6) is 1.45. The van der Waals surface area contributed by atoms with E-state index in [4.69, 9.17) is 21.1 Å². The van der Waals surface area contributed by atoms with E-state index in [1.807, 2.05) is 55.4 Å². The molecule has 1 heterocycles. The molecule has 1 aliphatic rings. The molecule has 0 unspecified atom stereocenters. The first-order valence-corrected chi connectivity index (χ1v) is 8.56. The first-order chi connectivity index (χ1) is 12.0. The van der Waals surface area contributed by atoms with Gasteiger partial charge in [-0.25, -0.2) is 0 Å². The molecular formula is C19H21ClN2O3. The topological polar surface area (TPSA) is 50.8 Å². The minimum atomic E-state index is -0.0553. The normalized spacial score (nSPS) is 12.6. The largest absolute Gasteiger partial charge is 0.486 e. The first kappa shape index (κ1) is 17.4. The summed E-state index contributed by atoms with van der Waals surface area (Å²) >= 11 is 6.23. The van der Waals surface area contributed by atoms with Crippen molar-refractivity contribution in [3.8, 4) is 11.5 Å². The Labute approximate surface area is 152 Å². The Hall–Kier alpha value is -2.40. The number of nitrogens with zero attached hydrogens (tertiary/aromatic N) is 1. The van der Waals surface area contributed by atoms with Gasteiger partial charge in [0.25, 0.3) is 0 Å². The molecular weight excluding hydrogens is 340 g/mol. The molecule has 0 aliphatic carbocycles. The number of anilines is 2. The molecule has 0 spiro atoms. The zero-order valence-electron chi connectivity index (χ0n) is 14.3. The average Bonchev–Trinajstić information content (AvgIpc) is 2.59. The van der Waals surface area contributed by atoms with Crippen molar-refractivity contribution in [3.05, 3.63) is 47.0 Å². The van der Waals surface area contributed by atoms with Crippen LogP contribution in [0.1, 0.15) is 12.0 Å². The van der Waals surface area contributed by atoms with Crippen LogP contribution in [0.25, 0.3) is 0 Å². The number of hydrogen-bond acceptors (Lipinski definition) is 4. The van der Waals surface area contributed by atoms with E-state index < -0.39 is 0 Å². The number of carbonyl (C=O) groups excluding carboxylic acids is 1. The molecule has 132 valence electrons. The molecule has 25 heavy (non-hydrogen) atoms. The monoisotopic (exact) mass is 360 g/mol. The smallest absolute Gasteiger partial charge is 0.224 e. The molecule has 0 fully saturated rings. The Bertz CT molecular complexity index is 777. The summed E-state index contributed by atoms with van der Waals surface area (Å²) < 4.78 is 11.1. The van der Waals surface area contributed by atoms with Crippen LogP contribution in [0.5, 0.6) is 11.5 Å². The summed E-state index contributed by atoms with van der Waals surface area (Å²) in [6.45, 7) is 1.13. The number of benzene rings is 2. The minimum Gasteiger partial charge on any atom is -0.486 e. The molecule has 2 aromatic carbocycles. The predicted octanol–water partition coefficient (Wildman–Crippen LogP) is 3.75. The van der Waals surface area contributed by atoms with Gasteiger partial charge in [0.05, 0.1) is 16.4 Å². The lowest BCUT2D eigenvalue weighted by molar-refractivity contribution is -0.116. The molecule has 1 N–H and O–H groups in total. The second kappa shape index (κ2) is 7.66. The van der Waals surface area contributed by atoms with Gasteiger partial charge in [0.1, 0.15) is 13.2 Å². The number of hydrogen-bond donors (Lipinski definition) is 1. The van der Waals surface area contributed by atoms with Crippen LogP contribution in [0.3, 0.4) is 0 Å². The van der Waals surface area contributed by atoms with E-state index in [-0.39, 0.29) is 5.91 Å². The van der Waals surface area contributed by atoms with Crippen LogP contribution in [0.2, 0.25) is 5.02 Å². The van der Waals surface area contributed by atoms with Crippen LogP contribution >= 0.6 is 11.6 Å². The van der Waals surface area contributed by atoms with Gasteiger partial charge >= 0.3 is 0 Å². The SMILES string of the molecule is CN(C)c1c(Cl)cccc1NC(=O)CCc1ccc2c(c1)OCCO2. The van der Waals surface area contributed by atoms with Crippen LogP contribution in [0.4, 0.5) is 11.4 Å². The van der Waals surface area contributed by atoms with Gasteiger partial charge in [-0.2, -0.15) is 0 Å². The molecule has 3 rings (SSSR count). The van der Waals surface area contributed by atoms with Crippen molar-refractivity contribution < 1.29 is 14.3 Å². The Morgan fingerprint density at radius 1 is 1.16 bits per heavy atom. The van der Waals surface area contributed by atoms with Crippen molar-refractivity contribution in [2.45, 2.75) is 12.8 Å². The predicted molar refractivity (Wildman–Crippen MR) is 100 cm³/mol. The fourth-order valence-electron chi connectivity index (χ4n) is 2.78. The van der Waals surface area contributed by atoms with Gasteiger partial charge in [-0.1, -0.05) is 23.7 Å². The molecule has 0 aromatic heterocycles. The maximum Gasteiger partial charge on any atom is 0.224 e. The van der Waals surface area contributed by atoms with Crippen molar-refractivity contribution in [2.24, 2.45) is 0 Å². The number of nitrogens with one attached hydrogen (secondary N) is 1. The second-order valence-electron chi connectivity index (χ2n) is 6.06. The second-order valence-corrected chi connectivity index (χ2v) is 6.46. The van der Waals surface area contributed by atoms with E-state index in [0.29, 0.717) is 36.8 Å². The number of fused-ring (bicyclic) bond motifs is 1. The third-order valence-corrected chi connectivity index (χ3v) is 4.26. The van der Waals surface area contributed by atoms with Crippen LogP contribution in [0.15, 0.2) is 36.4 Å². The number of rotatable bonds is 5. The fraction of sp³-hybridized carbons (Fsp3) is 0.316.